The monoisotopic (exact) mass is 406 g/mol. The first-order valence-electron chi connectivity index (χ1n) is 5.86. The maximum absolute atomic E-state index is 10.2. The summed E-state index contributed by atoms with van der Waals surface area (Å²) in [5.74, 6) is 0.376. The van der Waals surface area contributed by atoms with Crippen molar-refractivity contribution in [3.63, 3.8) is 0 Å². The van der Waals surface area contributed by atoms with Crippen LogP contribution in [0.4, 0.5) is 5.82 Å². The summed E-state index contributed by atoms with van der Waals surface area (Å²) in [4.78, 5) is 8.12. The Morgan fingerprint density at radius 1 is 1.45 bits per heavy atom. The van der Waals surface area contributed by atoms with Crippen LogP contribution in [-0.2, 0) is 4.74 Å². The smallest absolute Gasteiger partial charge is 0.163 e. The van der Waals surface area contributed by atoms with Crippen molar-refractivity contribution < 1.29 is 14.9 Å². The summed E-state index contributed by atoms with van der Waals surface area (Å²) in [7, 11) is 0. The summed E-state index contributed by atoms with van der Waals surface area (Å²) in [6.07, 6.45) is 0.906. The van der Waals surface area contributed by atoms with Gasteiger partial charge in [-0.2, -0.15) is 0 Å². The molecule has 3 rings (SSSR count). The molecule has 4 N–H and O–H groups in total. The molecule has 2 aromatic heterocycles. The Kier molecular flexibility index (Phi) is 3.49. The van der Waals surface area contributed by atoms with E-state index in [1.807, 2.05) is 0 Å². The molecule has 3 heterocycles. The Morgan fingerprint density at radius 2 is 2.20 bits per heavy atom. The van der Waals surface area contributed by atoms with Crippen LogP contribution in [0.1, 0.15) is 6.23 Å². The molecule has 0 aliphatic carbocycles. The maximum Gasteiger partial charge on any atom is 0.163 e. The average Bonchev–Trinajstić information content (AvgIpc) is 2.92. The average molecular weight is 408 g/mol. The van der Waals surface area contributed by atoms with Gasteiger partial charge in [0.25, 0.3) is 0 Å². The quantitative estimate of drug-likeness (QED) is 0.634. The molecule has 1 saturated heterocycles. The molecule has 7 nitrogen and oxygen atoms in total. The van der Waals surface area contributed by atoms with Gasteiger partial charge in [-0.05, 0) is 6.07 Å². The lowest BCUT2D eigenvalue weighted by atomic mass is 10.2. The maximum atomic E-state index is 10.2. The highest BCUT2D eigenvalue weighted by Crippen LogP contribution is 2.50. The van der Waals surface area contributed by atoms with E-state index >= 15 is 0 Å². The van der Waals surface area contributed by atoms with E-state index in [1.165, 1.54) is 6.33 Å². The number of anilines is 1. The first-order chi connectivity index (χ1) is 9.46. The van der Waals surface area contributed by atoms with Crippen LogP contribution in [0, 0.1) is 0 Å². The van der Waals surface area contributed by atoms with Crippen molar-refractivity contribution in [1.29, 1.82) is 0 Å². The molecule has 3 atom stereocenters. The summed E-state index contributed by atoms with van der Waals surface area (Å²) in [5, 5.41) is 20.1. The van der Waals surface area contributed by atoms with Crippen LogP contribution in [-0.4, -0.2) is 46.8 Å². The number of aliphatic hydroxyl groups excluding tert-OH is 2. The van der Waals surface area contributed by atoms with Gasteiger partial charge in [-0.25, -0.2) is 9.97 Å². The number of nitrogens with zero attached hydrogens (tertiary/aromatic N) is 3. The third-order valence-electron chi connectivity index (χ3n) is 3.35. The fourth-order valence-electron chi connectivity index (χ4n) is 2.30. The minimum Gasteiger partial charge on any atom is -0.394 e. The highest BCUT2D eigenvalue weighted by atomic mass is 79.9. The predicted molar refractivity (Wildman–Crippen MR) is 79.5 cm³/mol. The number of hydrogen-bond acceptors (Lipinski definition) is 6. The van der Waals surface area contributed by atoms with Gasteiger partial charge < -0.3 is 25.3 Å². The van der Waals surface area contributed by atoms with Crippen LogP contribution < -0.4 is 5.73 Å². The molecule has 0 saturated carbocycles. The molecule has 1 fully saturated rings. The number of aliphatic hydroxyl groups is 2. The summed E-state index contributed by atoms with van der Waals surface area (Å²) in [6, 6.07) is 1.78. The number of halogens is 2. The molecule has 0 bridgehead atoms. The molecule has 0 radical (unpaired) electrons. The van der Waals surface area contributed by atoms with Gasteiger partial charge in [0.1, 0.15) is 30.0 Å². The van der Waals surface area contributed by atoms with Crippen molar-refractivity contribution >= 4 is 48.7 Å². The Hall–Kier alpha value is -0.740. The number of nitrogen functional groups attached to an aromatic ring is 1. The van der Waals surface area contributed by atoms with E-state index in [4.69, 9.17) is 10.5 Å². The van der Waals surface area contributed by atoms with Crippen LogP contribution in [0.25, 0.3) is 11.0 Å². The number of nitrogens with two attached hydrogens (primary N) is 1. The Morgan fingerprint density at radius 3 is 2.85 bits per heavy atom. The summed E-state index contributed by atoms with van der Waals surface area (Å²) in [5.41, 5.74) is 6.39. The van der Waals surface area contributed by atoms with Crippen molar-refractivity contribution in [2.45, 2.75) is 21.7 Å². The van der Waals surface area contributed by atoms with E-state index in [0.29, 0.717) is 16.9 Å². The second-order valence-corrected chi connectivity index (χ2v) is 8.24. The summed E-state index contributed by atoms with van der Waals surface area (Å²) in [6.45, 7) is -0.285. The number of fused-ring (bicyclic) bond motifs is 1. The Labute approximate surface area is 131 Å². The fourth-order valence-corrected chi connectivity index (χ4v) is 3.54. The van der Waals surface area contributed by atoms with E-state index < -0.39 is 21.7 Å². The van der Waals surface area contributed by atoms with E-state index in [1.54, 1.807) is 16.8 Å². The van der Waals surface area contributed by atoms with Crippen molar-refractivity contribution in [1.82, 2.24) is 14.5 Å². The van der Waals surface area contributed by atoms with Crippen LogP contribution in [0.3, 0.4) is 0 Å². The lowest BCUT2D eigenvalue weighted by Gasteiger charge is -2.25. The Balaban J connectivity index is 2.10. The van der Waals surface area contributed by atoms with Crippen molar-refractivity contribution in [2.75, 3.05) is 12.3 Å². The van der Waals surface area contributed by atoms with Gasteiger partial charge >= 0.3 is 0 Å². The van der Waals surface area contributed by atoms with E-state index in [9.17, 15) is 10.2 Å². The zero-order chi connectivity index (χ0) is 14.5. The minimum absolute atomic E-state index is 0.285. The minimum atomic E-state index is -0.931. The van der Waals surface area contributed by atoms with Crippen LogP contribution in [0.5, 0.6) is 0 Å². The van der Waals surface area contributed by atoms with Gasteiger partial charge in [0, 0.05) is 6.20 Å². The summed E-state index contributed by atoms with van der Waals surface area (Å²) < 4.78 is 6.50. The molecule has 1 aliphatic heterocycles. The molecule has 0 aromatic carbocycles. The normalized spacial score (nSPS) is 29.1. The number of ether oxygens (including phenoxy) is 1. The fraction of sp³-hybridized carbons (Fsp3) is 0.455. The largest absolute Gasteiger partial charge is 0.394 e. The van der Waals surface area contributed by atoms with Crippen LogP contribution in [0.2, 0.25) is 0 Å². The lowest BCUT2D eigenvalue weighted by Crippen LogP contribution is -2.36. The summed E-state index contributed by atoms with van der Waals surface area (Å²) >= 11 is 6.83. The third kappa shape index (κ3) is 1.96. The van der Waals surface area contributed by atoms with Gasteiger partial charge in [0.15, 0.2) is 9.46 Å². The van der Waals surface area contributed by atoms with Gasteiger partial charge in [0.2, 0.25) is 0 Å². The van der Waals surface area contributed by atoms with Gasteiger partial charge in [0.05, 0.1) is 12.0 Å². The molecule has 108 valence electrons. The zero-order valence-corrected chi connectivity index (χ0v) is 13.3. The van der Waals surface area contributed by atoms with Crippen molar-refractivity contribution in [3.05, 3.63) is 18.6 Å². The second kappa shape index (κ2) is 4.92. The number of hydrogen-bond donors (Lipinski definition) is 3. The first-order valence-corrected chi connectivity index (χ1v) is 7.44. The SMILES string of the molecule is Nc1ncnc2c1ccn2[C@@H]1O[C@H](CO)C(O)C1(Br)Br. The van der Waals surface area contributed by atoms with E-state index in [0.717, 1.165) is 0 Å². The lowest BCUT2D eigenvalue weighted by molar-refractivity contribution is -0.0430. The van der Waals surface area contributed by atoms with E-state index in [-0.39, 0.29) is 6.61 Å². The second-order valence-electron chi connectivity index (χ2n) is 4.55. The van der Waals surface area contributed by atoms with Gasteiger partial charge in [-0.15, -0.1) is 0 Å². The first kappa shape index (κ1) is 14.2. The number of aromatic nitrogens is 3. The van der Waals surface area contributed by atoms with Crippen LogP contribution >= 0.6 is 31.9 Å². The van der Waals surface area contributed by atoms with E-state index in [2.05, 4.69) is 41.8 Å². The number of rotatable bonds is 2. The molecular formula is C11H12Br2N4O3. The molecule has 0 spiro atoms. The van der Waals surface area contributed by atoms with Gasteiger partial charge in [-0.1, -0.05) is 31.9 Å². The zero-order valence-electron chi connectivity index (χ0n) is 10.1. The topological polar surface area (TPSA) is 106 Å². The number of alkyl halides is 2. The van der Waals surface area contributed by atoms with Crippen molar-refractivity contribution in [3.8, 4) is 0 Å². The highest BCUT2D eigenvalue weighted by molar-refractivity contribution is 9.25. The highest BCUT2D eigenvalue weighted by Gasteiger charge is 2.54. The van der Waals surface area contributed by atoms with Gasteiger partial charge in [-0.3, -0.25) is 0 Å². The van der Waals surface area contributed by atoms with Crippen molar-refractivity contribution in [2.24, 2.45) is 0 Å². The molecule has 1 aliphatic rings. The molecular weight excluding hydrogens is 396 g/mol. The molecule has 2 aromatic rings. The standard InChI is InChI=1S/C11H12Br2N4O3/c12-11(13)7(19)6(3-18)20-10(11)17-2-1-5-8(14)15-4-16-9(5)17/h1-2,4,6-7,10,18-19H,3H2,(H2,14,15,16)/t6-,7?,10-/m1/s1. The molecule has 20 heavy (non-hydrogen) atoms. The Bertz CT molecular complexity index is 648. The van der Waals surface area contributed by atoms with Crippen LogP contribution in [0.15, 0.2) is 18.6 Å². The molecule has 1 unspecified atom stereocenters. The third-order valence-corrected chi connectivity index (χ3v) is 5.07. The predicted octanol–water partition coefficient (Wildman–Crippen LogP) is 0.750. The molecule has 0 amide bonds. The molecule has 9 heteroatoms.